The quantitative estimate of drug-likeness (QED) is 0.541. The monoisotopic (exact) mass is 233 g/mol. The topological polar surface area (TPSA) is 57.6 Å². The van der Waals surface area contributed by atoms with Crippen molar-refractivity contribution in [3.63, 3.8) is 0 Å². The lowest BCUT2D eigenvalue weighted by molar-refractivity contribution is -0.140. The molecule has 0 radical (unpaired) electrons. The van der Waals surface area contributed by atoms with E-state index in [0.29, 0.717) is 11.8 Å². The molecule has 2 saturated carbocycles. The molecule has 0 aromatic heterocycles. The molecule has 1 aliphatic heterocycles. The fourth-order valence-corrected chi connectivity index (χ4v) is 4.34. The van der Waals surface area contributed by atoms with Gasteiger partial charge in [0.05, 0.1) is 25.0 Å². The second-order valence-corrected chi connectivity index (χ2v) is 5.71. The van der Waals surface area contributed by atoms with E-state index in [1.54, 1.807) is 0 Å². The van der Waals surface area contributed by atoms with Crippen molar-refractivity contribution < 1.29 is 14.7 Å². The van der Waals surface area contributed by atoms with Crippen molar-refractivity contribution in [1.29, 1.82) is 0 Å². The number of aliphatic hydroxyl groups excluding tert-OH is 1. The maximum Gasteiger partial charge on any atom is 0.233 e. The number of carbonyl (C=O) groups is 2. The Morgan fingerprint density at radius 3 is 2.12 bits per heavy atom. The number of allylic oxidation sites excluding steroid dienone is 2. The Morgan fingerprint density at radius 1 is 1.12 bits per heavy atom. The van der Waals surface area contributed by atoms with Crippen molar-refractivity contribution in [3.8, 4) is 0 Å². The molecule has 4 heteroatoms. The molecule has 1 saturated heterocycles. The standard InChI is InChI=1S/C13H15NO3/c15-4-3-14-12(16)10-6-1-2-7(9-5-8(6)9)11(10)13(14)17/h1-2,6-11,15H,3-5H2/t6-,7-,8-,9+,10+,11+/m0/s1. The van der Waals surface area contributed by atoms with E-state index in [2.05, 4.69) is 12.2 Å². The van der Waals surface area contributed by atoms with Gasteiger partial charge >= 0.3 is 0 Å². The number of β-amino-alcohol motifs (C(OH)–C–C–N with tert-alkyl or cyclic N) is 1. The summed E-state index contributed by atoms with van der Waals surface area (Å²) in [5.41, 5.74) is 0. The number of carbonyl (C=O) groups excluding carboxylic acids is 2. The van der Waals surface area contributed by atoms with Crippen molar-refractivity contribution in [2.24, 2.45) is 35.5 Å². The molecule has 1 heterocycles. The molecule has 4 aliphatic carbocycles. The van der Waals surface area contributed by atoms with E-state index in [1.165, 1.54) is 11.3 Å². The van der Waals surface area contributed by atoms with Crippen LogP contribution in [0.4, 0.5) is 0 Å². The number of hydrogen-bond acceptors (Lipinski definition) is 3. The molecule has 5 rings (SSSR count). The number of amides is 2. The molecule has 0 unspecified atom stereocenters. The van der Waals surface area contributed by atoms with Crippen LogP contribution in [0.3, 0.4) is 0 Å². The van der Waals surface area contributed by atoms with E-state index in [9.17, 15) is 9.59 Å². The Kier molecular flexibility index (Phi) is 1.73. The molecule has 0 spiro atoms. The number of rotatable bonds is 2. The third-order valence-corrected chi connectivity index (χ3v) is 5.08. The predicted molar refractivity (Wildman–Crippen MR) is 58.5 cm³/mol. The first-order chi connectivity index (χ1) is 8.24. The first kappa shape index (κ1) is 9.83. The zero-order valence-electron chi connectivity index (χ0n) is 9.45. The minimum absolute atomic E-state index is 0.0428. The van der Waals surface area contributed by atoms with E-state index in [-0.39, 0.29) is 48.6 Å². The Hall–Kier alpha value is -1.16. The first-order valence-electron chi connectivity index (χ1n) is 6.38. The fourth-order valence-electron chi connectivity index (χ4n) is 4.34. The number of hydrogen-bond donors (Lipinski definition) is 1. The maximum atomic E-state index is 12.3. The van der Waals surface area contributed by atoms with Gasteiger partial charge in [-0.15, -0.1) is 0 Å². The van der Waals surface area contributed by atoms with Crippen LogP contribution in [0, 0.1) is 35.5 Å². The van der Waals surface area contributed by atoms with Gasteiger partial charge in [0.25, 0.3) is 0 Å². The first-order valence-corrected chi connectivity index (χ1v) is 6.38. The van der Waals surface area contributed by atoms with Crippen molar-refractivity contribution in [3.05, 3.63) is 12.2 Å². The fraction of sp³-hybridized carbons (Fsp3) is 0.692. The van der Waals surface area contributed by atoms with Gasteiger partial charge in [-0.2, -0.15) is 0 Å². The molecule has 90 valence electrons. The lowest BCUT2D eigenvalue weighted by Crippen LogP contribution is -2.40. The Morgan fingerprint density at radius 2 is 1.65 bits per heavy atom. The van der Waals surface area contributed by atoms with Gasteiger partial charge in [0.2, 0.25) is 11.8 Å². The Balaban J connectivity index is 1.74. The van der Waals surface area contributed by atoms with Crippen molar-refractivity contribution in [1.82, 2.24) is 4.90 Å². The summed E-state index contributed by atoms with van der Waals surface area (Å²) in [6.45, 7) is 0.0337. The van der Waals surface area contributed by atoms with Crippen molar-refractivity contribution in [2.45, 2.75) is 6.42 Å². The Labute approximate surface area is 99.3 Å². The molecular weight excluding hydrogens is 218 g/mol. The van der Waals surface area contributed by atoms with Crippen LogP contribution in [0.2, 0.25) is 0 Å². The maximum absolute atomic E-state index is 12.3. The molecule has 5 aliphatic rings. The predicted octanol–water partition coefficient (Wildman–Crippen LogP) is 0.0318. The molecule has 0 aromatic rings. The second-order valence-electron chi connectivity index (χ2n) is 5.71. The summed E-state index contributed by atoms with van der Waals surface area (Å²) in [6, 6.07) is 0. The van der Waals surface area contributed by atoms with Crippen molar-refractivity contribution >= 4 is 11.8 Å². The number of aliphatic hydroxyl groups is 1. The highest BCUT2D eigenvalue weighted by Gasteiger charge is 2.66. The number of likely N-dealkylation sites (tertiary alicyclic amines) is 1. The Bertz CT molecular complexity index is 408. The largest absolute Gasteiger partial charge is 0.395 e. The van der Waals surface area contributed by atoms with E-state index < -0.39 is 0 Å². The number of imide groups is 1. The summed E-state index contributed by atoms with van der Waals surface area (Å²) < 4.78 is 0. The van der Waals surface area contributed by atoms with Crippen LogP contribution in [-0.4, -0.2) is 35.0 Å². The summed E-state index contributed by atoms with van der Waals surface area (Å²) in [4.78, 5) is 25.8. The number of nitrogens with zero attached hydrogens (tertiary/aromatic N) is 1. The molecule has 17 heavy (non-hydrogen) atoms. The highest BCUT2D eigenvalue weighted by atomic mass is 16.3. The zero-order chi connectivity index (χ0) is 11.7. The summed E-state index contributed by atoms with van der Waals surface area (Å²) in [6.07, 6.45) is 5.51. The molecule has 2 amide bonds. The average molecular weight is 233 g/mol. The van der Waals surface area contributed by atoms with E-state index in [4.69, 9.17) is 5.11 Å². The molecular formula is C13H15NO3. The molecule has 1 N–H and O–H groups in total. The normalized spacial score (nSPS) is 49.6. The summed E-state index contributed by atoms with van der Waals surface area (Å²) in [7, 11) is 0. The van der Waals surface area contributed by atoms with Gasteiger partial charge in [-0.25, -0.2) is 0 Å². The average Bonchev–Trinajstić information content (AvgIpc) is 3.11. The van der Waals surface area contributed by atoms with E-state index >= 15 is 0 Å². The third kappa shape index (κ3) is 1.03. The van der Waals surface area contributed by atoms with Crippen LogP contribution in [-0.2, 0) is 9.59 Å². The lowest BCUT2D eigenvalue weighted by atomic mass is 9.63. The molecule has 3 fully saturated rings. The minimum atomic E-state index is -0.132. The summed E-state index contributed by atoms with van der Waals surface area (Å²) in [5.74, 6) is 1.55. The van der Waals surface area contributed by atoms with Crippen LogP contribution in [0.15, 0.2) is 12.2 Å². The molecule has 0 aromatic carbocycles. The van der Waals surface area contributed by atoms with Gasteiger partial charge < -0.3 is 5.11 Å². The highest BCUT2D eigenvalue weighted by Crippen LogP contribution is 2.65. The third-order valence-electron chi connectivity index (χ3n) is 5.08. The van der Waals surface area contributed by atoms with Crippen molar-refractivity contribution in [2.75, 3.05) is 13.2 Å². The summed E-state index contributed by atoms with van der Waals surface area (Å²) in [5, 5.41) is 8.94. The van der Waals surface area contributed by atoms with Gasteiger partial charge in [-0.3, -0.25) is 14.5 Å². The van der Waals surface area contributed by atoms with Crippen LogP contribution in [0.5, 0.6) is 0 Å². The van der Waals surface area contributed by atoms with Crippen LogP contribution in [0.1, 0.15) is 6.42 Å². The molecule has 2 bridgehead atoms. The van der Waals surface area contributed by atoms with Gasteiger partial charge in [-0.1, -0.05) is 12.2 Å². The van der Waals surface area contributed by atoms with Crippen LogP contribution >= 0.6 is 0 Å². The SMILES string of the molecule is O=C1[C@@H]2[C@H]3C=C[C@@H]([C@@H]4C[C@H]34)[C@H]2C(=O)N1CCO. The van der Waals surface area contributed by atoms with Gasteiger partial charge in [0.1, 0.15) is 0 Å². The minimum Gasteiger partial charge on any atom is -0.395 e. The van der Waals surface area contributed by atoms with E-state index in [0.717, 1.165) is 0 Å². The highest BCUT2D eigenvalue weighted by molar-refractivity contribution is 6.06. The smallest absolute Gasteiger partial charge is 0.233 e. The summed E-state index contributed by atoms with van der Waals surface area (Å²) >= 11 is 0. The van der Waals surface area contributed by atoms with Crippen LogP contribution in [0.25, 0.3) is 0 Å². The zero-order valence-corrected chi connectivity index (χ0v) is 9.45. The van der Waals surface area contributed by atoms with Gasteiger partial charge in [0, 0.05) is 0 Å². The van der Waals surface area contributed by atoms with Gasteiger partial charge in [-0.05, 0) is 30.1 Å². The lowest BCUT2D eigenvalue weighted by Gasteiger charge is -2.37. The van der Waals surface area contributed by atoms with Crippen LogP contribution < -0.4 is 0 Å². The molecule has 4 nitrogen and oxygen atoms in total. The second kappa shape index (κ2) is 2.99. The van der Waals surface area contributed by atoms with Gasteiger partial charge in [0.15, 0.2) is 0 Å². The molecule has 6 atom stereocenters. The van der Waals surface area contributed by atoms with E-state index in [1.807, 2.05) is 0 Å².